The number of hydrogen-bond acceptors (Lipinski definition) is 7. The molecule has 20 heavy (non-hydrogen) atoms. The fraction of sp³-hybridized carbons (Fsp3) is 0.769. The monoisotopic (exact) mass is 281 g/mol. The summed E-state index contributed by atoms with van der Waals surface area (Å²) in [6, 6.07) is 0.320. The molecule has 0 spiro atoms. The fourth-order valence-corrected chi connectivity index (χ4v) is 2.04. The van der Waals surface area contributed by atoms with Crippen molar-refractivity contribution in [2.24, 2.45) is 5.41 Å². The van der Waals surface area contributed by atoms with Crippen molar-refractivity contribution in [3.8, 4) is 6.01 Å². The van der Waals surface area contributed by atoms with Crippen molar-refractivity contribution in [1.82, 2.24) is 15.0 Å². The summed E-state index contributed by atoms with van der Waals surface area (Å²) in [6.45, 7) is 4.40. The molecule has 1 fully saturated rings. The van der Waals surface area contributed by atoms with Crippen LogP contribution in [-0.4, -0.2) is 48.9 Å². The lowest BCUT2D eigenvalue weighted by Crippen LogP contribution is -2.19. The summed E-state index contributed by atoms with van der Waals surface area (Å²) in [5.74, 6) is 1.08. The van der Waals surface area contributed by atoms with Crippen molar-refractivity contribution < 1.29 is 9.47 Å². The maximum Gasteiger partial charge on any atom is 0.322 e. The molecule has 0 aliphatic heterocycles. The molecule has 1 aromatic heterocycles. The van der Waals surface area contributed by atoms with E-state index in [1.807, 2.05) is 6.92 Å². The van der Waals surface area contributed by atoms with E-state index in [0.29, 0.717) is 23.3 Å². The number of hydrogen-bond donors (Lipinski definition) is 2. The van der Waals surface area contributed by atoms with Crippen LogP contribution < -0.4 is 15.4 Å². The number of aromatic nitrogens is 3. The Morgan fingerprint density at radius 1 is 1.10 bits per heavy atom. The zero-order chi connectivity index (χ0) is 14.4. The van der Waals surface area contributed by atoms with Gasteiger partial charge in [-0.15, -0.1) is 0 Å². The Kier molecular flexibility index (Phi) is 4.94. The molecule has 1 saturated carbocycles. The van der Waals surface area contributed by atoms with E-state index >= 15 is 0 Å². The molecule has 0 bridgehead atoms. The second kappa shape index (κ2) is 6.69. The molecule has 0 amide bonds. The Morgan fingerprint density at radius 2 is 1.80 bits per heavy atom. The Bertz CT molecular complexity index is 437. The normalized spacial score (nSPS) is 15.8. The first-order valence-corrected chi connectivity index (χ1v) is 6.98. The Morgan fingerprint density at radius 3 is 2.35 bits per heavy atom. The molecule has 1 aliphatic rings. The predicted octanol–water partition coefficient (Wildman–Crippen LogP) is 1.54. The molecule has 0 radical (unpaired) electrons. The molecule has 1 aliphatic carbocycles. The quantitative estimate of drug-likeness (QED) is 0.710. The molecule has 0 atom stereocenters. The van der Waals surface area contributed by atoms with Crippen LogP contribution in [0.5, 0.6) is 6.01 Å². The predicted molar refractivity (Wildman–Crippen MR) is 77.2 cm³/mol. The van der Waals surface area contributed by atoms with Gasteiger partial charge in [0, 0.05) is 26.8 Å². The zero-order valence-electron chi connectivity index (χ0n) is 12.4. The minimum atomic E-state index is 0.320. The first-order valence-electron chi connectivity index (χ1n) is 6.98. The number of anilines is 2. The second-order valence-electron chi connectivity index (χ2n) is 5.10. The number of nitrogens with one attached hydrogen (secondary N) is 2. The summed E-state index contributed by atoms with van der Waals surface area (Å²) in [5.41, 5.74) is 0.341. The van der Waals surface area contributed by atoms with E-state index in [-0.39, 0.29) is 0 Å². The van der Waals surface area contributed by atoms with Crippen LogP contribution in [-0.2, 0) is 4.74 Å². The lowest BCUT2D eigenvalue weighted by molar-refractivity contribution is 0.174. The van der Waals surface area contributed by atoms with E-state index in [2.05, 4.69) is 25.6 Å². The molecule has 112 valence electrons. The maximum absolute atomic E-state index is 5.16. The largest absolute Gasteiger partial charge is 0.467 e. The third-order valence-corrected chi connectivity index (χ3v) is 3.55. The van der Waals surface area contributed by atoms with Gasteiger partial charge in [-0.05, 0) is 31.6 Å². The summed E-state index contributed by atoms with van der Waals surface area (Å²) >= 11 is 0. The highest BCUT2D eigenvalue weighted by Gasteiger charge is 2.41. The van der Waals surface area contributed by atoms with E-state index in [1.165, 1.54) is 12.8 Å². The van der Waals surface area contributed by atoms with Gasteiger partial charge in [0.2, 0.25) is 11.9 Å². The molecule has 2 rings (SSSR count). The van der Waals surface area contributed by atoms with Gasteiger partial charge in [0.1, 0.15) is 0 Å². The van der Waals surface area contributed by atoms with E-state index in [1.54, 1.807) is 14.2 Å². The lowest BCUT2D eigenvalue weighted by atomic mass is 10.0. The number of rotatable bonds is 9. The standard InChI is InChI=1S/C13H23N5O2/c1-4-14-10-16-11(18-12(17-10)20-3)15-9-13(5-6-13)7-8-19-2/h4-9H2,1-3H3,(H2,14,15,16,17,18). The van der Waals surface area contributed by atoms with Crippen molar-refractivity contribution in [3.63, 3.8) is 0 Å². The Hall–Kier alpha value is -1.63. The molecule has 1 heterocycles. The first kappa shape index (κ1) is 14.8. The third kappa shape index (κ3) is 3.93. The van der Waals surface area contributed by atoms with Crippen LogP contribution in [0.25, 0.3) is 0 Å². The van der Waals surface area contributed by atoms with E-state index in [4.69, 9.17) is 9.47 Å². The lowest BCUT2D eigenvalue weighted by Gasteiger charge is -2.15. The summed E-state index contributed by atoms with van der Waals surface area (Å²) in [4.78, 5) is 12.7. The summed E-state index contributed by atoms with van der Waals surface area (Å²) < 4.78 is 10.3. The average molecular weight is 281 g/mol. The number of ether oxygens (including phenoxy) is 2. The number of methoxy groups -OCH3 is 2. The molecule has 2 N–H and O–H groups in total. The minimum absolute atomic E-state index is 0.320. The first-order chi connectivity index (χ1) is 9.71. The van der Waals surface area contributed by atoms with E-state index in [0.717, 1.165) is 26.1 Å². The Labute approximate surface area is 119 Å². The van der Waals surface area contributed by atoms with Gasteiger partial charge in [-0.2, -0.15) is 15.0 Å². The van der Waals surface area contributed by atoms with Crippen LogP contribution in [0.1, 0.15) is 26.2 Å². The molecular formula is C13H23N5O2. The van der Waals surface area contributed by atoms with Crippen LogP contribution in [0.4, 0.5) is 11.9 Å². The fourth-order valence-electron chi connectivity index (χ4n) is 2.04. The highest BCUT2D eigenvalue weighted by atomic mass is 16.5. The molecular weight excluding hydrogens is 258 g/mol. The van der Waals surface area contributed by atoms with Crippen molar-refractivity contribution in [2.75, 3.05) is 44.5 Å². The van der Waals surface area contributed by atoms with Gasteiger partial charge < -0.3 is 20.1 Å². The smallest absolute Gasteiger partial charge is 0.322 e. The average Bonchev–Trinajstić information content (AvgIpc) is 3.24. The number of nitrogens with zero attached hydrogens (tertiary/aromatic N) is 3. The van der Waals surface area contributed by atoms with Gasteiger partial charge >= 0.3 is 6.01 Å². The van der Waals surface area contributed by atoms with Gasteiger partial charge in [-0.3, -0.25) is 0 Å². The SMILES string of the molecule is CCNc1nc(NCC2(CCOC)CC2)nc(OC)n1. The van der Waals surface area contributed by atoms with Gasteiger partial charge in [0.25, 0.3) is 0 Å². The molecule has 0 saturated heterocycles. The molecule has 7 heteroatoms. The van der Waals surface area contributed by atoms with E-state index in [9.17, 15) is 0 Å². The highest BCUT2D eigenvalue weighted by Crippen LogP contribution is 2.48. The van der Waals surface area contributed by atoms with E-state index < -0.39 is 0 Å². The molecule has 1 aromatic rings. The minimum Gasteiger partial charge on any atom is -0.467 e. The second-order valence-corrected chi connectivity index (χ2v) is 5.10. The van der Waals surface area contributed by atoms with Crippen LogP contribution in [0.3, 0.4) is 0 Å². The summed E-state index contributed by atoms with van der Waals surface area (Å²) in [5, 5.41) is 6.36. The van der Waals surface area contributed by atoms with Gasteiger partial charge in [-0.1, -0.05) is 0 Å². The van der Waals surface area contributed by atoms with Crippen molar-refractivity contribution in [2.45, 2.75) is 26.2 Å². The van der Waals surface area contributed by atoms with Crippen LogP contribution in [0, 0.1) is 5.41 Å². The van der Waals surface area contributed by atoms with Gasteiger partial charge in [0.15, 0.2) is 0 Å². The zero-order valence-corrected chi connectivity index (χ0v) is 12.4. The maximum atomic E-state index is 5.16. The van der Waals surface area contributed by atoms with Crippen LogP contribution >= 0.6 is 0 Å². The third-order valence-electron chi connectivity index (χ3n) is 3.55. The van der Waals surface area contributed by atoms with Crippen LogP contribution in [0.15, 0.2) is 0 Å². The van der Waals surface area contributed by atoms with Crippen molar-refractivity contribution in [1.29, 1.82) is 0 Å². The summed E-state index contributed by atoms with van der Waals surface area (Å²) in [7, 11) is 3.29. The molecule has 0 aromatic carbocycles. The highest BCUT2D eigenvalue weighted by molar-refractivity contribution is 5.36. The topological polar surface area (TPSA) is 81.2 Å². The van der Waals surface area contributed by atoms with Crippen molar-refractivity contribution in [3.05, 3.63) is 0 Å². The Balaban J connectivity index is 1.96. The molecule has 7 nitrogen and oxygen atoms in total. The summed E-state index contributed by atoms with van der Waals surface area (Å²) in [6.07, 6.45) is 3.52. The molecule has 0 unspecified atom stereocenters. The van der Waals surface area contributed by atoms with Crippen LogP contribution in [0.2, 0.25) is 0 Å². The van der Waals surface area contributed by atoms with Gasteiger partial charge in [0.05, 0.1) is 7.11 Å². The van der Waals surface area contributed by atoms with Crippen molar-refractivity contribution >= 4 is 11.9 Å². The van der Waals surface area contributed by atoms with Gasteiger partial charge in [-0.25, -0.2) is 0 Å².